The highest BCUT2D eigenvalue weighted by atomic mass is 15.3. The van der Waals surface area contributed by atoms with E-state index in [1.165, 1.54) is 25.0 Å². The van der Waals surface area contributed by atoms with Crippen molar-refractivity contribution in [2.75, 3.05) is 19.6 Å². The first-order valence-corrected chi connectivity index (χ1v) is 7.57. The van der Waals surface area contributed by atoms with Crippen LogP contribution in [0.3, 0.4) is 0 Å². The zero-order chi connectivity index (χ0) is 13.8. The van der Waals surface area contributed by atoms with Crippen molar-refractivity contribution in [3.63, 3.8) is 0 Å². The Morgan fingerprint density at radius 3 is 2.39 bits per heavy atom. The summed E-state index contributed by atoms with van der Waals surface area (Å²) in [5.74, 6) is 0.714. The maximum absolute atomic E-state index is 3.77. The summed E-state index contributed by atoms with van der Waals surface area (Å²) in [5.41, 5.74) is 1.79. The first kappa shape index (κ1) is 15.7. The van der Waals surface area contributed by atoms with E-state index in [-0.39, 0.29) is 0 Å². The molecule has 1 heterocycles. The number of rotatable bonds is 5. The molecule has 1 rings (SSSR count). The molecule has 0 aromatic rings. The fourth-order valence-corrected chi connectivity index (χ4v) is 2.88. The second-order valence-electron chi connectivity index (χ2n) is 6.35. The van der Waals surface area contributed by atoms with Crippen LogP contribution in [0.4, 0.5) is 0 Å². The molecule has 0 bridgehead atoms. The quantitative estimate of drug-likeness (QED) is 0.754. The van der Waals surface area contributed by atoms with Gasteiger partial charge in [0.05, 0.1) is 0 Å². The Morgan fingerprint density at radius 2 is 1.94 bits per heavy atom. The third-order valence-electron chi connectivity index (χ3n) is 4.62. The van der Waals surface area contributed by atoms with Gasteiger partial charge in [-0.15, -0.1) is 0 Å². The second-order valence-corrected chi connectivity index (χ2v) is 6.35. The minimum absolute atomic E-state index is 0.358. The molecule has 18 heavy (non-hydrogen) atoms. The van der Waals surface area contributed by atoms with Crippen molar-refractivity contribution >= 4 is 0 Å². The second kappa shape index (κ2) is 6.72. The predicted molar refractivity (Wildman–Crippen MR) is 80.9 cm³/mol. The molecule has 0 radical (unpaired) electrons. The van der Waals surface area contributed by atoms with Gasteiger partial charge in [0.25, 0.3) is 0 Å². The van der Waals surface area contributed by atoms with E-state index in [2.05, 4.69) is 57.8 Å². The predicted octanol–water partition coefficient (Wildman–Crippen LogP) is 3.44. The first-order chi connectivity index (χ1) is 8.45. The Balaban J connectivity index is 2.82. The van der Waals surface area contributed by atoms with Gasteiger partial charge in [-0.2, -0.15) is 0 Å². The maximum atomic E-state index is 3.77. The molecule has 0 aromatic heterocycles. The smallest absolute Gasteiger partial charge is 0.0332 e. The van der Waals surface area contributed by atoms with Crippen molar-refractivity contribution in [3.8, 4) is 0 Å². The summed E-state index contributed by atoms with van der Waals surface area (Å²) in [7, 11) is 0. The van der Waals surface area contributed by atoms with Crippen LogP contribution in [0.25, 0.3) is 0 Å². The highest BCUT2D eigenvalue weighted by Gasteiger charge is 2.38. The summed E-state index contributed by atoms with van der Waals surface area (Å²) in [6, 6.07) is 0.641. The standard InChI is InChI=1S/C16H32N2/c1-7-16(8-2)12-17-15(14(5)6)11-18(16)10-9-13(3)4/h9,14-15,17H,7-8,10-12H2,1-6H3. The van der Waals surface area contributed by atoms with E-state index >= 15 is 0 Å². The molecule has 1 N–H and O–H groups in total. The van der Waals surface area contributed by atoms with Gasteiger partial charge in [-0.25, -0.2) is 0 Å². The van der Waals surface area contributed by atoms with Crippen molar-refractivity contribution in [2.45, 2.75) is 66.0 Å². The van der Waals surface area contributed by atoms with E-state index in [0.717, 1.165) is 13.1 Å². The molecule has 1 aliphatic rings. The largest absolute Gasteiger partial charge is 0.311 e. The van der Waals surface area contributed by atoms with Gasteiger partial charge in [0.1, 0.15) is 0 Å². The lowest BCUT2D eigenvalue weighted by Gasteiger charge is -2.50. The van der Waals surface area contributed by atoms with Gasteiger partial charge in [-0.05, 0) is 32.6 Å². The topological polar surface area (TPSA) is 15.3 Å². The molecule has 1 aliphatic heterocycles. The summed E-state index contributed by atoms with van der Waals surface area (Å²) in [6.45, 7) is 17.1. The van der Waals surface area contributed by atoms with Crippen LogP contribution in [-0.2, 0) is 0 Å². The van der Waals surface area contributed by atoms with E-state index in [1.807, 2.05) is 0 Å². The van der Waals surface area contributed by atoms with Crippen molar-refractivity contribution in [1.82, 2.24) is 10.2 Å². The molecule has 0 aromatic carbocycles. The summed E-state index contributed by atoms with van der Waals surface area (Å²) in [5, 5.41) is 3.77. The van der Waals surface area contributed by atoms with Crippen molar-refractivity contribution < 1.29 is 0 Å². The molecule has 1 fully saturated rings. The van der Waals surface area contributed by atoms with E-state index in [0.29, 0.717) is 17.5 Å². The number of nitrogens with one attached hydrogen (secondary N) is 1. The minimum Gasteiger partial charge on any atom is -0.311 e. The highest BCUT2D eigenvalue weighted by Crippen LogP contribution is 2.28. The first-order valence-electron chi connectivity index (χ1n) is 7.57. The molecule has 1 atom stereocenters. The number of hydrogen-bond donors (Lipinski definition) is 1. The van der Waals surface area contributed by atoms with Gasteiger partial charge in [0.15, 0.2) is 0 Å². The molecule has 0 saturated carbocycles. The molecule has 0 spiro atoms. The van der Waals surface area contributed by atoms with E-state index in [4.69, 9.17) is 0 Å². The molecule has 1 unspecified atom stereocenters. The fourth-order valence-electron chi connectivity index (χ4n) is 2.88. The van der Waals surface area contributed by atoms with Gasteiger partial charge in [-0.1, -0.05) is 39.3 Å². The zero-order valence-electron chi connectivity index (χ0n) is 13.2. The Labute approximate surface area is 114 Å². The van der Waals surface area contributed by atoms with Gasteiger partial charge in [0, 0.05) is 31.2 Å². The number of allylic oxidation sites excluding steroid dienone is 1. The van der Waals surface area contributed by atoms with Gasteiger partial charge in [-0.3, -0.25) is 4.90 Å². The van der Waals surface area contributed by atoms with Crippen LogP contribution >= 0.6 is 0 Å². The Hall–Kier alpha value is -0.340. The Kier molecular flexibility index (Phi) is 5.87. The van der Waals surface area contributed by atoms with Crippen LogP contribution in [0.15, 0.2) is 11.6 Å². The van der Waals surface area contributed by atoms with Gasteiger partial charge >= 0.3 is 0 Å². The number of hydrogen-bond acceptors (Lipinski definition) is 2. The number of piperazine rings is 1. The van der Waals surface area contributed by atoms with Crippen molar-refractivity contribution in [3.05, 3.63) is 11.6 Å². The van der Waals surface area contributed by atoms with Crippen LogP contribution < -0.4 is 5.32 Å². The third kappa shape index (κ3) is 3.58. The molecule has 106 valence electrons. The average Bonchev–Trinajstić information content (AvgIpc) is 2.35. The monoisotopic (exact) mass is 252 g/mol. The molecule has 0 amide bonds. The Morgan fingerprint density at radius 1 is 1.33 bits per heavy atom. The van der Waals surface area contributed by atoms with Crippen molar-refractivity contribution in [1.29, 1.82) is 0 Å². The third-order valence-corrected chi connectivity index (χ3v) is 4.62. The van der Waals surface area contributed by atoms with Crippen LogP contribution in [0.1, 0.15) is 54.4 Å². The molecular formula is C16H32N2. The molecule has 1 saturated heterocycles. The average molecular weight is 252 g/mol. The van der Waals surface area contributed by atoms with Gasteiger partial charge < -0.3 is 5.32 Å². The molecule has 2 heteroatoms. The SMILES string of the molecule is CCC1(CC)CNC(C(C)C)CN1CC=C(C)C. The summed E-state index contributed by atoms with van der Waals surface area (Å²) >= 11 is 0. The van der Waals surface area contributed by atoms with Crippen LogP contribution in [0.2, 0.25) is 0 Å². The van der Waals surface area contributed by atoms with E-state index in [1.54, 1.807) is 0 Å². The lowest BCUT2D eigenvalue weighted by Crippen LogP contribution is -2.65. The van der Waals surface area contributed by atoms with Crippen LogP contribution in [0.5, 0.6) is 0 Å². The normalized spacial score (nSPS) is 24.3. The summed E-state index contributed by atoms with van der Waals surface area (Å²) in [6.07, 6.45) is 4.85. The highest BCUT2D eigenvalue weighted by molar-refractivity contribution is 5.03. The van der Waals surface area contributed by atoms with E-state index < -0.39 is 0 Å². The fraction of sp³-hybridized carbons (Fsp3) is 0.875. The molecule has 2 nitrogen and oxygen atoms in total. The summed E-state index contributed by atoms with van der Waals surface area (Å²) < 4.78 is 0. The van der Waals surface area contributed by atoms with Crippen LogP contribution in [-0.4, -0.2) is 36.1 Å². The molecule has 0 aliphatic carbocycles. The van der Waals surface area contributed by atoms with Crippen LogP contribution in [0, 0.1) is 5.92 Å². The molecular weight excluding hydrogens is 220 g/mol. The Bertz CT molecular complexity index is 273. The maximum Gasteiger partial charge on any atom is 0.0332 e. The summed E-state index contributed by atoms with van der Waals surface area (Å²) in [4.78, 5) is 2.71. The minimum atomic E-state index is 0.358. The van der Waals surface area contributed by atoms with E-state index in [9.17, 15) is 0 Å². The zero-order valence-corrected chi connectivity index (χ0v) is 13.2. The lowest BCUT2D eigenvalue weighted by molar-refractivity contribution is 0.0324. The number of nitrogens with zero attached hydrogens (tertiary/aromatic N) is 1. The van der Waals surface area contributed by atoms with Gasteiger partial charge in [0.2, 0.25) is 0 Å². The lowest BCUT2D eigenvalue weighted by atomic mass is 9.85. The van der Waals surface area contributed by atoms with Crippen molar-refractivity contribution in [2.24, 2.45) is 5.92 Å².